The monoisotopic (exact) mass is 391 g/mol. The van der Waals surface area contributed by atoms with Gasteiger partial charge in [0.25, 0.3) is 5.91 Å². The minimum Gasteiger partial charge on any atom is -0.474 e. The van der Waals surface area contributed by atoms with Gasteiger partial charge in [0.05, 0.1) is 30.3 Å². The molecule has 2 aliphatic heterocycles. The van der Waals surface area contributed by atoms with E-state index in [1.165, 1.54) is 0 Å². The van der Waals surface area contributed by atoms with Crippen molar-refractivity contribution in [2.24, 2.45) is 0 Å². The smallest absolute Gasteiger partial charge is 0.255 e. The third-order valence-electron chi connectivity index (χ3n) is 5.88. The number of carbonyl (C=O) groups is 1. The van der Waals surface area contributed by atoms with Crippen molar-refractivity contribution in [1.29, 1.82) is 5.26 Å². The maximum Gasteiger partial charge on any atom is 0.255 e. The molecule has 2 aliphatic rings. The van der Waals surface area contributed by atoms with E-state index in [9.17, 15) is 10.1 Å². The van der Waals surface area contributed by atoms with Crippen molar-refractivity contribution >= 4 is 5.91 Å². The number of hydrogen-bond acceptors (Lipinski definition) is 5. The summed E-state index contributed by atoms with van der Waals surface area (Å²) in [5.74, 6) is 0.495. The van der Waals surface area contributed by atoms with Gasteiger partial charge in [0.1, 0.15) is 6.10 Å². The van der Waals surface area contributed by atoms with Crippen molar-refractivity contribution in [2.75, 3.05) is 26.3 Å². The predicted molar refractivity (Wildman–Crippen MR) is 108 cm³/mol. The average molecular weight is 391 g/mol. The number of hydrogen-bond donors (Lipinski definition) is 0. The fourth-order valence-electron chi connectivity index (χ4n) is 4.04. The van der Waals surface area contributed by atoms with Gasteiger partial charge in [-0.05, 0) is 24.5 Å². The van der Waals surface area contributed by atoms with E-state index in [1.807, 2.05) is 35.2 Å². The molecule has 6 nitrogen and oxygen atoms in total. The molecule has 0 atom stereocenters. The van der Waals surface area contributed by atoms with Crippen LogP contribution in [0.2, 0.25) is 0 Å². The molecule has 2 saturated heterocycles. The maximum atomic E-state index is 12.9. The van der Waals surface area contributed by atoms with Crippen LogP contribution in [0.15, 0.2) is 48.7 Å². The molecule has 0 N–H and O–H groups in total. The molecular weight excluding hydrogens is 366 g/mol. The van der Waals surface area contributed by atoms with Gasteiger partial charge in [-0.25, -0.2) is 4.98 Å². The Labute approximate surface area is 171 Å². The van der Waals surface area contributed by atoms with Crippen LogP contribution in [-0.2, 0) is 10.2 Å². The summed E-state index contributed by atoms with van der Waals surface area (Å²) in [7, 11) is 0. The van der Waals surface area contributed by atoms with Crippen molar-refractivity contribution in [3.8, 4) is 11.9 Å². The molecule has 0 spiro atoms. The molecule has 0 bridgehead atoms. The van der Waals surface area contributed by atoms with E-state index in [-0.39, 0.29) is 12.0 Å². The van der Waals surface area contributed by atoms with E-state index < -0.39 is 5.41 Å². The van der Waals surface area contributed by atoms with Crippen LogP contribution in [0, 0.1) is 11.3 Å². The van der Waals surface area contributed by atoms with Gasteiger partial charge in [0, 0.05) is 38.2 Å². The molecule has 0 aliphatic carbocycles. The summed E-state index contributed by atoms with van der Waals surface area (Å²) in [5, 5.41) is 9.82. The number of ether oxygens (including phenoxy) is 2. The van der Waals surface area contributed by atoms with Crippen LogP contribution < -0.4 is 4.74 Å². The first kappa shape index (κ1) is 19.4. The Hall–Kier alpha value is -2.91. The zero-order valence-corrected chi connectivity index (χ0v) is 16.4. The van der Waals surface area contributed by atoms with Crippen molar-refractivity contribution < 1.29 is 14.3 Å². The number of carbonyl (C=O) groups excluding carboxylic acids is 1. The van der Waals surface area contributed by atoms with Crippen LogP contribution in [0.25, 0.3) is 0 Å². The standard InChI is InChI=1S/C23H25N3O3/c24-17-23(19-4-2-1-3-5-19)10-12-26(13-11-23)22(27)18-6-7-21(25-16-18)29-20-8-14-28-15-9-20/h1-7,16,20H,8-15H2. The number of nitriles is 1. The fraction of sp³-hybridized carbons (Fsp3) is 0.435. The number of rotatable bonds is 4. The second kappa shape index (κ2) is 8.62. The quantitative estimate of drug-likeness (QED) is 0.799. The van der Waals surface area contributed by atoms with Crippen molar-refractivity contribution in [2.45, 2.75) is 37.2 Å². The highest BCUT2D eigenvalue weighted by atomic mass is 16.5. The van der Waals surface area contributed by atoms with Gasteiger partial charge in [-0.1, -0.05) is 30.3 Å². The average Bonchev–Trinajstić information content (AvgIpc) is 2.80. The molecule has 0 saturated carbocycles. The summed E-state index contributed by atoms with van der Waals surface area (Å²) in [4.78, 5) is 19.0. The summed E-state index contributed by atoms with van der Waals surface area (Å²) in [6, 6.07) is 15.9. The highest BCUT2D eigenvalue weighted by molar-refractivity contribution is 5.94. The highest BCUT2D eigenvalue weighted by Crippen LogP contribution is 2.35. The highest BCUT2D eigenvalue weighted by Gasteiger charge is 2.37. The maximum absolute atomic E-state index is 12.9. The Balaban J connectivity index is 1.37. The molecule has 2 fully saturated rings. The minimum absolute atomic E-state index is 0.0466. The lowest BCUT2D eigenvalue weighted by molar-refractivity contribution is 0.0237. The SMILES string of the molecule is N#CC1(c2ccccc2)CCN(C(=O)c2ccc(OC3CCOCC3)nc2)CC1. The molecule has 1 aromatic carbocycles. The zero-order chi connectivity index (χ0) is 20.1. The van der Waals surface area contributed by atoms with E-state index in [0.717, 1.165) is 18.4 Å². The molecule has 0 radical (unpaired) electrons. The van der Waals surface area contributed by atoms with Gasteiger partial charge in [0.15, 0.2) is 0 Å². The van der Waals surface area contributed by atoms with E-state index in [4.69, 9.17) is 9.47 Å². The lowest BCUT2D eigenvalue weighted by Gasteiger charge is -2.37. The van der Waals surface area contributed by atoms with E-state index in [0.29, 0.717) is 50.6 Å². The molecule has 0 unspecified atom stereocenters. The molecule has 150 valence electrons. The third kappa shape index (κ3) is 4.25. The Morgan fingerprint density at radius 2 is 1.86 bits per heavy atom. The van der Waals surface area contributed by atoms with E-state index in [1.54, 1.807) is 18.3 Å². The molecule has 6 heteroatoms. The lowest BCUT2D eigenvalue weighted by atomic mass is 9.74. The van der Waals surface area contributed by atoms with Gasteiger partial charge < -0.3 is 14.4 Å². The number of benzene rings is 1. The number of nitrogens with zero attached hydrogens (tertiary/aromatic N) is 3. The molecule has 3 heterocycles. The first-order valence-corrected chi connectivity index (χ1v) is 10.2. The molecule has 4 rings (SSSR count). The number of amides is 1. The van der Waals surface area contributed by atoms with Gasteiger partial charge in [0.2, 0.25) is 5.88 Å². The molecule has 2 aromatic rings. The second-order valence-electron chi connectivity index (χ2n) is 7.67. The summed E-state index contributed by atoms with van der Waals surface area (Å²) < 4.78 is 11.2. The lowest BCUT2D eigenvalue weighted by Crippen LogP contribution is -2.44. The molecular formula is C23H25N3O3. The number of piperidine rings is 1. The Morgan fingerprint density at radius 1 is 1.14 bits per heavy atom. The van der Waals surface area contributed by atoms with E-state index in [2.05, 4.69) is 11.1 Å². The molecule has 1 amide bonds. The van der Waals surface area contributed by atoms with Crippen molar-refractivity contribution in [3.63, 3.8) is 0 Å². The minimum atomic E-state index is -0.516. The van der Waals surface area contributed by atoms with Gasteiger partial charge in [-0.2, -0.15) is 5.26 Å². The number of aromatic nitrogens is 1. The van der Waals surface area contributed by atoms with Gasteiger partial charge >= 0.3 is 0 Å². The Bertz CT molecular complexity index is 862. The normalized spacial score (nSPS) is 19.3. The summed E-state index contributed by atoms with van der Waals surface area (Å²) in [6.07, 6.45) is 4.70. The van der Waals surface area contributed by atoms with Crippen LogP contribution in [0.1, 0.15) is 41.6 Å². The van der Waals surface area contributed by atoms with Crippen LogP contribution >= 0.6 is 0 Å². The summed E-state index contributed by atoms with van der Waals surface area (Å²) in [5.41, 5.74) is 1.07. The van der Waals surface area contributed by atoms with Crippen molar-refractivity contribution in [1.82, 2.24) is 9.88 Å². The summed E-state index contributed by atoms with van der Waals surface area (Å²) in [6.45, 7) is 2.54. The number of pyridine rings is 1. The van der Waals surface area contributed by atoms with Crippen LogP contribution in [-0.4, -0.2) is 48.2 Å². The zero-order valence-electron chi connectivity index (χ0n) is 16.4. The second-order valence-corrected chi connectivity index (χ2v) is 7.67. The molecule has 1 aromatic heterocycles. The van der Waals surface area contributed by atoms with Crippen molar-refractivity contribution in [3.05, 3.63) is 59.8 Å². The number of likely N-dealkylation sites (tertiary alicyclic amines) is 1. The van der Waals surface area contributed by atoms with Crippen LogP contribution in [0.3, 0.4) is 0 Å². The van der Waals surface area contributed by atoms with Crippen LogP contribution in [0.5, 0.6) is 5.88 Å². The fourth-order valence-corrected chi connectivity index (χ4v) is 4.04. The van der Waals surface area contributed by atoms with Gasteiger partial charge in [-0.15, -0.1) is 0 Å². The first-order chi connectivity index (χ1) is 14.2. The van der Waals surface area contributed by atoms with Crippen LogP contribution in [0.4, 0.5) is 0 Å². The molecule has 29 heavy (non-hydrogen) atoms. The van der Waals surface area contributed by atoms with Gasteiger partial charge in [-0.3, -0.25) is 4.79 Å². The van der Waals surface area contributed by atoms with E-state index >= 15 is 0 Å². The summed E-state index contributed by atoms with van der Waals surface area (Å²) >= 11 is 0. The largest absolute Gasteiger partial charge is 0.474 e. The Morgan fingerprint density at radius 3 is 2.48 bits per heavy atom. The first-order valence-electron chi connectivity index (χ1n) is 10.2. The third-order valence-corrected chi connectivity index (χ3v) is 5.88. The predicted octanol–water partition coefficient (Wildman–Crippen LogP) is 3.34. The topological polar surface area (TPSA) is 75.5 Å². The Kier molecular flexibility index (Phi) is 5.77.